The fourth-order valence-corrected chi connectivity index (χ4v) is 3.97. The number of amides is 1. The highest BCUT2D eigenvalue weighted by atomic mass is 32.1. The molecular weight excluding hydrogens is 358 g/mol. The van der Waals surface area contributed by atoms with Gasteiger partial charge in [-0.2, -0.15) is 0 Å². The van der Waals surface area contributed by atoms with E-state index in [1.165, 1.54) is 11.3 Å². The van der Waals surface area contributed by atoms with Crippen LogP contribution in [0.1, 0.15) is 18.5 Å². The van der Waals surface area contributed by atoms with Gasteiger partial charge in [-0.25, -0.2) is 4.98 Å². The first-order chi connectivity index (χ1) is 13.2. The van der Waals surface area contributed by atoms with Gasteiger partial charge in [0, 0.05) is 24.0 Å². The minimum atomic E-state index is -0.0708. The zero-order valence-corrected chi connectivity index (χ0v) is 15.9. The molecule has 3 aromatic rings. The van der Waals surface area contributed by atoms with E-state index in [4.69, 9.17) is 0 Å². The highest BCUT2D eigenvalue weighted by molar-refractivity contribution is 7.13. The molecular formula is C20H21N5OS. The van der Waals surface area contributed by atoms with Crippen molar-refractivity contribution in [3.63, 3.8) is 0 Å². The van der Waals surface area contributed by atoms with E-state index < -0.39 is 0 Å². The molecule has 1 saturated heterocycles. The summed E-state index contributed by atoms with van der Waals surface area (Å²) in [6.45, 7) is 3.46. The highest BCUT2D eigenvalue weighted by Gasteiger charge is 2.27. The number of thiazole rings is 1. The average Bonchev–Trinajstić information content (AvgIpc) is 3.13. The van der Waals surface area contributed by atoms with Crippen LogP contribution in [0.15, 0.2) is 47.8 Å². The molecule has 1 aliphatic heterocycles. The molecule has 1 fully saturated rings. The summed E-state index contributed by atoms with van der Waals surface area (Å²) in [5.74, 6) is 0.777. The smallest absolute Gasteiger partial charge is 0.231 e. The van der Waals surface area contributed by atoms with Gasteiger partial charge in [-0.1, -0.05) is 30.3 Å². The first-order valence-electron chi connectivity index (χ1n) is 9.06. The van der Waals surface area contributed by atoms with Crippen LogP contribution in [0.4, 0.5) is 10.9 Å². The summed E-state index contributed by atoms with van der Waals surface area (Å²) < 4.78 is 0. The normalized spacial score (nSPS) is 16.9. The first-order valence-corrected chi connectivity index (χ1v) is 9.94. The molecule has 0 bridgehead atoms. The molecule has 27 heavy (non-hydrogen) atoms. The third kappa shape index (κ3) is 4.14. The number of aromatic nitrogens is 3. The summed E-state index contributed by atoms with van der Waals surface area (Å²) in [4.78, 5) is 19.0. The van der Waals surface area contributed by atoms with Crippen molar-refractivity contribution in [2.75, 3.05) is 23.3 Å². The monoisotopic (exact) mass is 379 g/mol. The number of hydrogen-bond acceptors (Lipinski definition) is 6. The largest absolute Gasteiger partial charge is 0.354 e. The van der Waals surface area contributed by atoms with Gasteiger partial charge in [0.1, 0.15) is 0 Å². The van der Waals surface area contributed by atoms with Crippen molar-refractivity contribution < 1.29 is 4.79 Å². The SMILES string of the molecule is Cc1csc(NC(=O)C2CCCN(c3ccc(-c4ccccc4)nn3)C2)n1. The Balaban J connectivity index is 1.42. The maximum absolute atomic E-state index is 12.6. The lowest BCUT2D eigenvalue weighted by atomic mass is 9.97. The molecule has 1 aliphatic rings. The van der Waals surface area contributed by atoms with Crippen LogP contribution in [-0.4, -0.2) is 34.2 Å². The predicted octanol–water partition coefficient (Wildman–Crippen LogP) is 3.76. The molecule has 0 radical (unpaired) electrons. The molecule has 4 rings (SSSR count). The van der Waals surface area contributed by atoms with Gasteiger partial charge in [-0.15, -0.1) is 21.5 Å². The van der Waals surface area contributed by atoms with Crippen molar-refractivity contribution in [2.24, 2.45) is 5.92 Å². The predicted molar refractivity (Wildman–Crippen MR) is 108 cm³/mol. The van der Waals surface area contributed by atoms with E-state index in [0.717, 1.165) is 42.2 Å². The van der Waals surface area contributed by atoms with Gasteiger partial charge in [0.15, 0.2) is 10.9 Å². The number of nitrogens with zero attached hydrogens (tertiary/aromatic N) is 4. The summed E-state index contributed by atoms with van der Waals surface area (Å²) in [7, 11) is 0. The lowest BCUT2D eigenvalue weighted by Gasteiger charge is -2.32. The Kier molecular flexibility index (Phi) is 5.11. The lowest BCUT2D eigenvalue weighted by Crippen LogP contribution is -2.41. The van der Waals surface area contributed by atoms with E-state index in [1.807, 2.05) is 54.8 Å². The summed E-state index contributed by atoms with van der Waals surface area (Å²) in [6, 6.07) is 14.0. The summed E-state index contributed by atoms with van der Waals surface area (Å²) in [5, 5.41) is 14.3. The van der Waals surface area contributed by atoms with Gasteiger partial charge in [0.25, 0.3) is 0 Å². The van der Waals surface area contributed by atoms with Gasteiger partial charge in [0.2, 0.25) is 5.91 Å². The van der Waals surface area contributed by atoms with Crippen LogP contribution in [0.2, 0.25) is 0 Å². The second-order valence-corrected chi connectivity index (χ2v) is 7.57. The Labute approximate surface area is 162 Å². The van der Waals surface area contributed by atoms with Crippen LogP contribution in [0.5, 0.6) is 0 Å². The molecule has 7 heteroatoms. The minimum absolute atomic E-state index is 0.0305. The number of piperidine rings is 1. The van der Waals surface area contributed by atoms with Crippen LogP contribution < -0.4 is 10.2 Å². The van der Waals surface area contributed by atoms with Gasteiger partial charge >= 0.3 is 0 Å². The third-order valence-corrected chi connectivity index (χ3v) is 5.56. The van der Waals surface area contributed by atoms with E-state index in [9.17, 15) is 4.79 Å². The second kappa shape index (κ2) is 7.84. The Hall–Kier alpha value is -2.80. The number of anilines is 2. The van der Waals surface area contributed by atoms with Crippen molar-refractivity contribution in [1.82, 2.24) is 15.2 Å². The van der Waals surface area contributed by atoms with E-state index in [2.05, 4.69) is 25.4 Å². The molecule has 1 aromatic carbocycles. The number of rotatable bonds is 4. The van der Waals surface area contributed by atoms with Crippen molar-refractivity contribution in [3.8, 4) is 11.3 Å². The average molecular weight is 379 g/mol. The highest BCUT2D eigenvalue weighted by Crippen LogP contribution is 2.25. The molecule has 0 spiro atoms. The number of hydrogen-bond donors (Lipinski definition) is 1. The Morgan fingerprint density at radius 3 is 2.74 bits per heavy atom. The maximum atomic E-state index is 12.6. The van der Waals surface area contributed by atoms with E-state index in [1.54, 1.807) is 0 Å². The number of nitrogens with one attached hydrogen (secondary N) is 1. The molecule has 1 amide bonds. The lowest BCUT2D eigenvalue weighted by molar-refractivity contribution is -0.120. The van der Waals surface area contributed by atoms with Gasteiger partial charge < -0.3 is 10.2 Å². The van der Waals surface area contributed by atoms with Gasteiger partial charge in [-0.05, 0) is 31.9 Å². The van der Waals surface area contributed by atoms with E-state index >= 15 is 0 Å². The Morgan fingerprint density at radius 2 is 2.04 bits per heavy atom. The van der Waals surface area contributed by atoms with Crippen molar-refractivity contribution in [2.45, 2.75) is 19.8 Å². The summed E-state index contributed by atoms with van der Waals surface area (Å²) in [6.07, 6.45) is 1.83. The topological polar surface area (TPSA) is 71.0 Å². The number of aryl methyl sites for hydroxylation is 1. The van der Waals surface area contributed by atoms with Crippen molar-refractivity contribution in [1.29, 1.82) is 0 Å². The third-order valence-electron chi connectivity index (χ3n) is 4.69. The van der Waals surface area contributed by atoms with Crippen LogP contribution in [0, 0.1) is 12.8 Å². The second-order valence-electron chi connectivity index (χ2n) is 6.71. The van der Waals surface area contributed by atoms with Crippen LogP contribution in [0.3, 0.4) is 0 Å². The molecule has 3 heterocycles. The van der Waals surface area contributed by atoms with Gasteiger partial charge in [0.05, 0.1) is 17.3 Å². The standard InChI is InChI=1S/C20H21N5OS/c1-14-13-27-20(21-14)22-19(26)16-8-5-11-25(12-16)18-10-9-17(23-24-18)15-6-3-2-4-7-15/h2-4,6-7,9-10,13,16H,5,8,11-12H2,1H3,(H,21,22,26). The summed E-state index contributed by atoms with van der Waals surface area (Å²) in [5.41, 5.74) is 2.82. The Morgan fingerprint density at radius 1 is 1.19 bits per heavy atom. The molecule has 138 valence electrons. The molecule has 6 nitrogen and oxygen atoms in total. The molecule has 1 N–H and O–H groups in total. The van der Waals surface area contributed by atoms with Crippen molar-refractivity contribution >= 4 is 28.2 Å². The zero-order chi connectivity index (χ0) is 18.6. The molecule has 1 unspecified atom stereocenters. The van der Waals surface area contributed by atoms with Gasteiger partial charge in [-0.3, -0.25) is 4.79 Å². The molecule has 0 aliphatic carbocycles. The maximum Gasteiger partial charge on any atom is 0.231 e. The van der Waals surface area contributed by atoms with E-state index in [-0.39, 0.29) is 11.8 Å². The number of carbonyl (C=O) groups is 1. The molecule has 1 atom stereocenters. The summed E-state index contributed by atoms with van der Waals surface area (Å²) >= 11 is 1.46. The van der Waals surface area contributed by atoms with Crippen LogP contribution >= 0.6 is 11.3 Å². The van der Waals surface area contributed by atoms with Crippen LogP contribution in [0.25, 0.3) is 11.3 Å². The zero-order valence-electron chi connectivity index (χ0n) is 15.1. The van der Waals surface area contributed by atoms with Crippen LogP contribution in [-0.2, 0) is 4.79 Å². The van der Waals surface area contributed by atoms with E-state index in [0.29, 0.717) is 11.7 Å². The quantitative estimate of drug-likeness (QED) is 0.747. The van der Waals surface area contributed by atoms with Crippen molar-refractivity contribution in [3.05, 3.63) is 53.5 Å². The molecule has 2 aromatic heterocycles. The first kappa shape index (κ1) is 17.6. The fraction of sp³-hybridized carbons (Fsp3) is 0.300. The fourth-order valence-electron chi connectivity index (χ4n) is 3.27. The number of benzene rings is 1. The Bertz CT molecular complexity index is 910. The minimum Gasteiger partial charge on any atom is -0.354 e. The number of carbonyl (C=O) groups excluding carboxylic acids is 1. The molecule has 0 saturated carbocycles.